The van der Waals surface area contributed by atoms with Gasteiger partial charge in [-0.2, -0.15) is 0 Å². The van der Waals surface area contributed by atoms with Crippen molar-refractivity contribution in [3.8, 4) is 0 Å². The Labute approximate surface area is 157 Å². The third-order valence-corrected chi connectivity index (χ3v) is 5.21. The lowest BCUT2D eigenvalue weighted by molar-refractivity contribution is 0.240. The zero-order valence-corrected chi connectivity index (χ0v) is 15.6. The average molecular weight is 366 g/mol. The normalized spacial score (nSPS) is 16.5. The molecular weight excluding hydrogens is 346 g/mol. The summed E-state index contributed by atoms with van der Waals surface area (Å²) in [7, 11) is 0. The molecule has 3 heterocycles. The van der Waals surface area contributed by atoms with Crippen molar-refractivity contribution in [1.29, 1.82) is 0 Å². The Morgan fingerprint density at radius 3 is 2.88 bits per heavy atom. The van der Waals surface area contributed by atoms with Crippen LogP contribution < -0.4 is 5.56 Å². The molecule has 0 N–H and O–H groups in total. The van der Waals surface area contributed by atoms with Crippen LogP contribution >= 0.6 is 11.6 Å². The standard InChI is InChI=1S/C21H20ClN3O/c1-21(2)9-8-19-24-18-11-14(6-7-16(18)20(26)25(19)13-21)17(22)12-15-5-3-4-10-23-15/h3-7,10-12H,8-9,13H2,1-2H3. The third-order valence-electron chi connectivity index (χ3n) is 4.88. The Balaban J connectivity index is 1.79. The number of benzene rings is 1. The second-order valence-electron chi connectivity index (χ2n) is 7.56. The van der Waals surface area contributed by atoms with Crippen molar-refractivity contribution in [2.24, 2.45) is 5.41 Å². The highest BCUT2D eigenvalue weighted by Crippen LogP contribution is 2.30. The van der Waals surface area contributed by atoms with E-state index in [9.17, 15) is 4.79 Å². The summed E-state index contributed by atoms with van der Waals surface area (Å²) in [4.78, 5) is 21.9. The lowest BCUT2D eigenvalue weighted by atomic mass is 9.85. The maximum atomic E-state index is 12.9. The monoisotopic (exact) mass is 365 g/mol. The van der Waals surface area contributed by atoms with Crippen molar-refractivity contribution >= 4 is 33.6 Å². The molecule has 0 saturated carbocycles. The number of rotatable bonds is 2. The summed E-state index contributed by atoms with van der Waals surface area (Å²) in [6, 6.07) is 11.3. The van der Waals surface area contributed by atoms with Gasteiger partial charge in [-0.1, -0.05) is 37.6 Å². The first-order valence-corrected chi connectivity index (χ1v) is 9.13. The second kappa shape index (κ2) is 6.36. The molecule has 0 aliphatic carbocycles. The van der Waals surface area contributed by atoms with Crippen molar-refractivity contribution in [2.75, 3.05) is 0 Å². The van der Waals surface area contributed by atoms with Gasteiger partial charge in [0.05, 0.1) is 21.6 Å². The Morgan fingerprint density at radius 1 is 1.27 bits per heavy atom. The fourth-order valence-electron chi connectivity index (χ4n) is 3.40. The molecule has 1 aliphatic rings. The third kappa shape index (κ3) is 3.17. The van der Waals surface area contributed by atoms with Gasteiger partial charge in [-0.15, -0.1) is 0 Å². The van der Waals surface area contributed by atoms with E-state index in [1.807, 2.05) is 47.0 Å². The smallest absolute Gasteiger partial charge is 0.261 e. The lowest BCUT2D eigenvalue weighted by Crippen LogP contribution is -2.36. The van der Waals surface area contributed by atoms with E-state index in [1.165, 1.54) is 0 Å². The predicted octanol–water partition coefficient (Wildman–Crippen LogP) is 4.50. The Bertz CT molecular complexity index is 1070. The van der Waals surface area contributed by atoms with Crippen LogP contribution in [0.4, 0.5) is 0 Å². The van der Waals surface area contributed by atoms with Crippen LogP contribution in [-0.2, 0) is 13.0 Å². The van der Waals surface area contributed by atoms with E-state index >= 15 is 0 Å². The van der Waals surface area contributed by atoms with Gasteiger partial charge in [0, 0.05) is 19.2 Å². The van der Waals surface area contributed by atoms with E-state index in [1.54, 1.807) is 6.20 Å². The van der Waals surface area contributed by atoms with Crippen molar-refractivity contribution in [3.05, 3.63) is 70.0 Å². The quantitative estimate of drug-likeness (QED) is 0.671. The minimum Gasteiger partial charge on any atom is -0.296 e. The Kier molecular flexibility index (Phi) is 4.16. The number of hydrogen-bond acceptors (Lipinski definition) is 3. The number of pyridine rings is 1. The van der Waals surface area contributed by atoms with Crippen molar-refractivity contribution in [3.63, 3.8) is 0 Å². The topological polar surface area (TPSA) is 47.8 Å². The van der Waals surface area contributed by atoms with Crippen LogP contribution in [0, 0.1) is 5.41 Å². The fraction of sp³-hybridized carbons (Fsp3) is 0.286. The minimum atomic E-state index is 0.0363. The minimum absolute atomic E-state index is 0.0363. The molecule has 1 aromatic carbocycles. The summed E-state index contributed by atoms with van der Waals surface area (Å²) in [5.41, 5.74) is 2.48. The van der Waals surface area contributed by atoms with Crippen molar-refractivity contribution in [2.45, 2.75) is 33.2 Å². The number of nitrogens with zero attached hydrogens (tertiary/aromatic N) is 3. The number of fused-ring (bicyclic) bond motifs is 2. The Morgan fingerprint density at radius 2 is 2.12 bits per heavy atom. The molecule has 0 amide bonds. The first-order valence-electron chi connectivity index (χ1n) is 8.75. The molecule has 26 heavy (non-hydrogen) atoms. The van der Waals surface area contributed by atoms with Crippen molar-refractivity contribution in [1.82, 2.24) is 14.5 Å². The average Bonchev–Trinajstić information content (AvgIpc) is 2.63. The molecule has 1 aliphatic heterocycles. The molecule has 0 fully saturated rings. The molecule has 132 valence electrons. The van der Waals surface area contributed by atoms with Crippen LogP contribution in [-0.4, -0.2) is 14.5 Å². The largest absolute Gasteiger partial charge is 0.296 e. The summed E-state index contributed by atoms with van der Waals surface area (Å²) in [5, 5.41) is 1.21. The molecule has 3 aromatic rings. The van der Waals surface area contributed by atoms with Gasteiger partial charge in [0.1, 0.15) is 5.82 Å². The maximum Gasteiger partial charge on any atom is 0.261 e. The molecule has 4 nitrogen and oxygen atoms in total. The summed E-state index contributed by atoms with van der Waals surface area (Å²) in [5.74, 6) is 0.865. The number of halogens is 1. The lowest BCUT2D eigenvalue weighted by Gasteiger charge is -2.31. The first-order chi connectivity index (χ1) is 12.4. The van der Waals surface area contributed by atoms with E-state index in [-0.39, 0.29) is 11.0 Å². The first kappa shape index (κ1) is 17.0. The van der Waals surface area contributed by atoms with Gasteiger partial charge in [0.25, 0.3) is 5.56 Å². The van der Waals surface area contributed by atoms with E-state index in [0.29, 0.717) is 22.5 Å². The molecule has 0 spiro atoms. The van der Waals surface area contributed by atoms with Gasteiger partial charge in [-0.3, -0.25) is 14.3 Å². The van der Waals surface area contributed by atoms with Crippen LogP contribution in [0.5, 0.6) is 0 Å². The molecule has 0 unspecified atom stereocenters. The van der Waals surface area contributed by atoms with Gasteiger partial charge in [-0.05, 0) is 47.7 Å². The summed E-state index contributed by atoms with van der Waals surface area (Å²) in [6.45, 7) is 5.10. The zero-order chi connectivity index (χ0) is 18.3. The number of aromatic nitrogens is 3. The summed E-state index contributed by atoms with van der Waals surface area (Å²) >= 11 is 6.47. The molecule has 0 atom stereocenters. The summed E-state index contributed by atoms with van der Waals surface area (Å²) < 4.78 is 1.83. The van der Waals surface area contributed by atoms with Crippen LogP contribution in [0.2, 0.25) is 0 Å². The van der Waals surface area contributed by atoms with Crippen LogP contribution in [0.3, 0.4) is 0 Å². The van der Waals surface area contributed by atoms with E-state index in [0.717, 1.165) is 29.9 Å². The highest BCUT2D eigenvalue weighted by molar-refractivity contribution is 6.51. The maximum absolute atomic E-state index is 12.9. The molecule has 0 saturated heterocycles. The summed E-state index contributed by atoms with van der Waals surface area (Å²) in [6.07, 6.45) is 5.40. The molecule has 0 radical (unpaired) electrons. The number of aryl methyl sites for hydroxylation is 1. The van der Waals surface area contributed by atoms with E-state index in [4.69, 9.17) is 16.6 Å². The molecule has 5 heteroatoms. The highest BCUT2D eigenvalue weighted by Gasteiger charge is 2.27. The SMILES string of the molecule is CC1(C)CCc2nc3cc(C(Cl)=Cc4ccccn4)ccc3c(=O)n2C1. The van der Waals surface area contributed by atoms with Gasteiger partial charge >= 0.3 is 0 Å². The molecular formula is C21H20ClN3O. The highest BCUT2D eigenvalue weighted by atomic mass is 35.5. The van der Waals surface area contributed by atoms with Crippen LogP contribution in [0.25, 0.3) is 22.0 Å². The fourth-order valence-corrected chi connectivity index (χ4v) is 3.63. The zero-order valence-electron chi connectivity index (χ0n) is 14.9. The molecule has 4 rings (SSSR count). The second-order valence-corrected chi connectivity index (χ2v) is 7.97. The predicted molar refractivity (Wildman–Crippen MR) is 106 cm³/mol. The van der Waals surface area contributed by atoms with Gasteiger partial charge in [-0.25, -0.2) is 4.98 Å². The van der Waals surface area contributed by atoms with Gasteiger partial charge in [0.2, 0.25) is 0 Å². The van der Waals surface area contributed by atoms with E-state index in [2.05, 4.69) is 18.8 Å². The Hall–Kier alpha value is -2.46. The van der Waals surface area contributed by atoms with E-state index < -0.39 is 0 Å². The van der Waals surface area contributed by atoms with Gasteiger partial charge < -0.3 is 0 Å². The number of hydrogen-bond donors (Lipinski definition) is 0. The van der Waals surface area contributed by atoms with Crippen LogP contribution in [0.15, 0.2) is 47.4 Å². The molecule has 0 bridgehead atoms. The van der Waals surface area contributed by atoms with Gasteiger partial charge in [0.15, 0.2) is 0 Å². The van der Waals surface area contributed by atoms with Crippen molar-refractivity contribution < 1.29 is 0 Å². The molecule has 2 aromatic heterocycles. The van der Waals surface area contributed by atoms with Crippen LogP contribution in [0.1, 0.15) is 37.4 Å².